The fourth-order valence-electron chi connectivity index (χ4n) is 4.09. The summed E-state index contributed by atoms with van der Waals surface area (Å²) < 4.78 is 0. The molecule has 0 fully saturated rings. The van der Waals surface area contributed by atoms with E-state index in [2.05, 4.69) is 105 Å². The Bertz CT molecular complexity index is 832. The second-order valence-corrected chi connectivity index (χ2v) is 10.1. The molecule has 2 rings (SSSR count). The second-order valence-electron chi connectivity index (χ2n) is 10.1. The van der Waals surface area contributed by atoms with E-state index in [0.717, 1.165) is 22.4 Å². The summed E-state index contributed by atoms with van der Waals surface area (Å²) in [6, 6.07) is 10.9. The zero-order valence-electron chi connectivity index (χ0n) is 20.7. The lowest BCUT2D eigenvalue weighted by molar-refractivity contribution is 0.102. The summed E-state index contributed by atoms with van der Waals surface area (Å²) in [5.41, 5.74) is 7.86. The van der Waals surface area contributed by atoms with Crippen molar-refractivity contribution in [2.24, 2.45) is 0 Å². The predicted molar refractivity (Wildman–Crippen MR) is 131 cm³/mol. The first-order chi connectivity index (χ1) is 14.0. The molecule has 2 heteroatoms. The molecule has 0 bridgehead atoms. The van der Waals surface area contributed by atoms with Crippen LogP contribution in [0.2, 0.25) is 0 Å². The average molecular weight is 408 g/mol. The van der Waals surface area contributed by atoms with Crippen molar-refractivity contribution in [3.8, 4) is 0 Å². The van der Waals surface area contributed by atoms with Crippen molar-refractivity contribution in [2.75, 3.05) is 5.32 Å². The molecular formula is C28H41NO. The minimum absolute atomic E-state index is 0.0210. The molecule has 0 aliphatic rings. The highest BCUT2D eigenvalue weighted by Gasteiger charge is 2.24. The Morgan fingerprint density at radius 3 is 1.37 bits per heavy atom. The first-order valence-electron chi connectivity index (χ1n) is 11.6. The lowest BCUT2D eigenvalue weighted by Crippen LogP contribution is -2.21. The number of hydrogen-bond donors (Lipinski definition) is 1. The molecule has 2 aromatic carbocycles. The second kappa shape index (κ2) is 9.81. The van der Waals surface area contributed by atoms with Crippen LogP contribution in [-0.4, -0.2) is 5.91 Å². The van der Waals surface area contributed by atoms with Crippen LogP contribution >= 0.6 is 0 Å². The standard InChI is InChI=1S/C28H41NO/c1-16(2)21-14-24(19(7)8)26(25(15-21)20(9)10)28(30)29-27-22(17(3)4)12-11-13-23(27)18(5)6/h11-20H,1-10H3,(H,29,30). The van der Waals surface area contributed by atoms with Crippen LogP contribution in [-0.2, 0) is 0 Å². The van der Waals surface area contributed by atoms with Crippen LogP contribution in [0.15, 0.2) is 30.3 Å². The molecule has 0 saturated heterocycles. The Balaban J connectivity index is 2.68. The molecule has 0 spiro atoms. The third-order valence-electron chi connectivity index (χ3n) is 5.97. The zero-order chi connectivity index (χ0) is 22.7. The zero-order valence-corrected chi connectivity index (χ0v) is 20.7. The summed E-state index contributed by atoms with van der Waals surface area (Å²) in [6.07, 6.45) is 0. The third-order valence-corrected chi connectivity index (χ3v) is 5.97. The smallest absolute Gasteiger partial charge is 0.256 e. The summed E-state index contributed by atoms with van der Waals surface area (Å²) >= 11 is 0. The number of rotatable bonds is 7. The molecule has 1 N–H and O–H groups in total. The summed E-state index contributed by atoms with van der Waals surface area (Å²) in [6.45, 7) is 21.9. The van der Waals surface area contributed by atoms with Crippen LogP contribution in [0.3, 0.4) is 0 Å². The van der Waals surface area contributed by atoms with Crippen molar-refractivity contribution in [3.05, 3.63) is 63.7 Å². The molecule has 2 nitrogen and oxygen atoms in total. The van der Waals surface area contributed by atoms with Gasteiger partial charge in [0.2, 0.25) is 0 Å². The molecule has 164 valence electrons. The minimum atomic E-state index is 0.0210. The van der Waals surface area contributed by atoms with Crippen LogP contribution in [0.25, 0.3) is 0 Å². The number of nitrogens with one attached hydrogen (secondary N) is 1. The lowest BCUT2D eigenvalue weighted by Gasteiger charge is -2.24. The highest BCUT2D eigenvalue weighted by Crippen LogP contribution is 2.36. The van der Waals surface area contributed by atoms with Crippen molar-refractivity contribution in [1.29, 1.82) is 0 Å². The average Bonchev–Trinajstić information content (AvgIpc) is 2.66. The molecule has 0 unspecified atom stereocenters. The van der Waals surface area contributed by atoms with E-state index in [1.54, 1.807) is 0 Å². The van der Waals surface area contributed by atoms with Gasteiger partial charge in [0.1, 0.15) is 0 Å². The molecule has 0 saturated carbocycles. The summed E-state index contributed by atoms with van der Waals surface area (Å²) in [5.74, 6) is 1.71. The fraction of sp³-hybridized carbons (Fsp3) is 0.536. The molecule has 0 aliphatic carbocycles. The molecule has 0 aliphatic heterocycles. The van der Waals surface area contributed by atoms with Crippen molar-refractivity contribution in [2.45, 2.75) is 98.8 Å². The van der Waals surface area contributed by atoms with E-state index >= 15 is 0 Å². The van der Waals surface area contributed by atoms with E-state index in [9.17, 15) is 4.79 Å². The largest absolute Gasteiger partial charge is 0.321 e. The van der Waals surface area contributed by atoms with Crippen LogP contribution in [0.1, 0.15) is 137 Å². The van der Waals surface area contributed by atoms with E-state index in [0.29, 0.717) is 17.8 Å². The fourth-order valence-corrected chi connectivity index (χ4v) is 4.09. The summed E-state index contributed by atoms with van der Waals surface area (Å²) in [5, 5.41) is 3.36. The minimum Gasteiger partial charge on any atom is -0.321 e. The number of anilines is 1. The van der Waals surface area contributed by atoms with Gasteiger partial charge < -0.3 is 5.32 Å². The summed E-state index contributed by atoms with van der Waals surface area (Å²) in [4.78, 5) is 13.8. The van der Waals surface area contributed by atoms with Crippen LogP contribution in [0, 0.1) is 0 Å². The molecule has 0 radical (unpaired) electrons. The van der Waals surface area contributed by atoms with E-state index in [1.165, 1.54) is 16.7 Å². The predicted octanol–water partition coefficient (Wildman–Crippen LogP) is 8.56. The Morgan fingerprint density at radius 1 is 0.633 bits per heavy atom. The molecule has 1 amide bonds. The van der Waals surface area contributed by atoms with Crippen LogP contribution in [0.4, 0.5) is 5.69 Å². The van der Waals surface area contributed by atoms with Gasteiger partial charge >= 0.3 is 0 Å². The van der Waals surface area contributed by atoms with Crippen molar-refractivity contribution in [3.63, 3.8) is 0 Å². The Labute approximate surface area is 184 Å². The number of carbonyl (C=O) groups excluding carboxylic acids is 1. The van der Waals surface area contributed by atoms with E-state index < -0.39 is 0 Å². The van der Waals surface area contributed by atoms with Gasteiger partial charge in [-0.1, -0.05) is 99.6 Å². The molecule has 30 heavy (non-hydrogen) atoms. The van der Waals surface area contributed by atoms with Crippen molar-refractivity contribution >= 4 is 11.6 Å². The van der Waals surface area contributed by atoms with Crippen molar-refractivity contribution < 1.29 is 4.79 Å². The maximum absolute atomic E-state index is 13.8. The molecule has 0 heterocycles. The molecule has 0 aromatic heterocycles. The third kappa shape index (κ3) is 5.14. The number of benzene rings is 2. The van der Waals surface area contributed by atoms with Crippen molar-refractivity contribution in [1.82, 2.24) is 0 Å². The number of para-hydroxylation sites is 1. The van der Waals surface area contributed by atoms with E-state index in [1.807, 2.05) is 0 Å². The highest BCUT2D eigenvalue weighted by atomic mass is 16.1. The van der Waals surface area contributed by atoms with Crippen LogP contribution in [0.5, 0.6) is 0 Å². The van der Waals surface area contributed by atoms with Gasteiger partial charge in [-0.05, 0) is 57.4 Å². The Kier molecular flexibility index (Phi) is 7.91. The maximum atomic E-state index is 13.8. The highest BCUT2D eigenvalue weighted by molar-refractivity contribution is 6.07. The van der Waals surface area contributed by atoms with Gasteiger partial charge in [0.05, 0.1) is 0 Å². The number of amides is 1. The topological polar surface area (TPSA) is 29.1 Å². The normalized spacial score (nSPS) is 12.0. The summed E-state index contributed by atoms with van der Waals surface area (Å²) in [7, 11) is 0. The quantitative estimate of drug-likeness (QED) is 0.489. The Morgan fingerprint density at radius 2 is 1.03 bits per heavy atom. The Hall–Kier alpha value is -2.09. The van der Waals surface area contributed by atoms with Gasteiger partial charge in [-0.3, -0.25) is 4.79 Å². The molecular weight excluding hydrogens is 366 g/mol. The van der Waals surface area contributed by atoms with Gasteiger partial charge in [-0.2, -0.15) is 0 Å². The van der Waals surface area contributed by atoms with Gasteiger partial charge in [-0.15, -0.1) is 0 Å². The van der Waals surface area contributed by atoms with E-state index in [4.69, 9.17) is 0 Å². The maximum Gasteiger partial charge on any atom is 0.256 e. The van der Waals surface area contributed by atoms with Crippen LogP contribution < -0.4 is 5.32 Å². The van der Waals surface area contributed by atoms with Gasteiger partial charge in [0.15, 0.2) is 0 Å². The first-order valence-corrected chi connectivity index (χ1v) is 11.6. The number of carbonyl (C=O) groups is 1. The van der Waals surface area contributed by atoms with E-state index in [-0.39, 0.29) is 17.7 Å². The van der Waals surface area contributed by atoms with Gasteiger partial charge in [-0.25, -0.2) is 0 Å². The monoisotopic (exact) mass is 407 g/mol. The molecule has 0 atom stereocenters. The van der Waals surface area contributed by atoms with Gasteiger partial charge in [0, 0.05) is 11.3 Å². The SMILES string of the molecule is CC(C)c1cc(C(C)C)c(C(=O)Nc2c(C(C)C)cccc2C(C)C)c(C(C)C)c1. The van der Waals surface area contributed by atoms with Gasteiger partial charge in [0.25, 0.3) is 5.91 Å². The molecule has 2 aromatic rings. The number of hydrogen-bond acceptors (Lipinski definition) is 1. The first kappa shape index (κ1) is 24.2. The lowest BCUT2D eigenvalue weighted by atomic mass is 9.84.